The molecule has 2 unspecified atom stereocenters. The number of carboxylic acid groups (broad SMARTS) is 1. The van der Waals surface area contributed by atoms with Crippen molar-refractivity contribution in [1.29, 1.82) is 0 Å². The molecule has 0 bridgehead atoms. The van der Waals surface area contributed by atoms with Crippen molar-refractivity contribution in [1.82, 2.24) is 4.90 Å². The van der Waals surface area contributed by atoms with Crippen molar-refractivity contribution >= 4 is 12.1 Å². The molecule has 0 aromatic heterocycles. The Kier molecular flexibility index (Phi) is 6.45. The van der Waals surface area contributed by atoms with E-state index in [2.05, 4.69) is 13.8 Å². The highest BCUT2D eigenvalue weighted by Crippen LogP contribution is 2.39. The Labute approximate surface area is 150 Å². The monoisotopic (exact) mass is 347 g/mol. The van der Waals surface area contributed by atoms with E-state index in [0.29, 0.717) is 24.7 Å². The van der Waals surface area contributed by atoms with Crippen LogP contribution in [0.2, 0.25) is 0 Å². The van der Waals surface area contributed by atoms with E-state index in [1.165, 1.54) is 4.90 Å². The van der Waals surface area contributed by atoms with Crippen LogP contribution in [0.5, 0.6) is 0 Å². The number of aliphatic carboxylic acids is 1. The van der Waals surface area contributed by atoms with Gasteiger partial charge < -0.3 is 9.84 Å². The van der Waals surface area contributed by atoms with Crippen molar-refractivity contribution < 1.29 is 19.4 Å². The van der Waals surface area contributed by atoms with Gasteiger partial charge in [0.1, 0.15) is 12.1 Å². The predicted octanol–water partition coefficient (Wildman–Crippen LogP) is 4.31. The van der Waals surface area contributed by atoms with Crippen LogP contribution < -0.4 is 0 Å². The number of benzene rings is 1. The van der Waals surface area contributed by atoms with Gasteiger partial charge in [-0.05, 0) is 36.7 Å². The summed E-state index contributed by atoms with van der Waals surface area (Å²) in [5.41, 5.74) is -0.277. The third-order valence-corrected chi connectivity index (χ3v) is 5.15. The summed E-state index contributed by atoms with van der Waals surface area (Å²) in [6.45, 7) is 4.44. The number of likely N-dealkylation sites (N-methyl/N-ethyl adjacent to an activating group) is 1. The van der Waals surface area contributed by atoms with Crippen LogP contribution in [0.25, 0.3) is 0 Å². The molecule has 138 valence electrons. The van der Waals surface area contributed by atoms with Gasteiger partial charge in [-0.3, -0.25) is 4.90 Å². The highest BCUT2D eigenvalue weighted by molar-refractivity contribution is 5.84. The van der Waals surface area contributed by atoms with Gasteiger partial charge in [-0.25, -0.2) is 9.59 Å². The minimum atomic E-state index is -1.16. The van der Waals surface area contributed by atoms with Gasteiger partial charge in [0.15, 0.2) is 0 Å². The first-order valence-corrected chi connectivity index (χ1v) is 9.03. The number of ether oxygens (including phenoxy) is 1. The van der Waals surface area contributed by atoms with Gasteiger partial charge in [-0.15, -0.1) is 0 Å². The molecule has 0 aliphatic heterocycles. The van der Waals surface area contributed by atoms with Crippen molar-refractivity contribution in [2.24, 2.45) is 11.8 Å². The van der Waals surface area contributed by atoms with Crippen molar-refractivity contribution in [3.63, 3.8) is 0 Å². The summed E-state index contributed by atoms with van der Waals surface area (Å²) in [5, 5.41) is 9.90. The number of hydrogen-bond acceptors (Lipinski definition) is 3. The summed E-state index contributed by atoms with van der Waals surface area (Å²) in [6, 6.07) is 9.40. The van der Waals surface area contributed by atoms with Crippen LogP contribution in [0.15, 0.2) is 30.3 Å². The Balaban J connectivity index is 2.07. The third kappa shape index (κ3) is 4.74. The summed E-state index contributed by atoms with van der Waals surface area (Å²) < 4.78 is 5.36. The van der Waals surface area contributed by atoms with Gasteiger partial charge in [-0.1, -0.05) is 57.0 Å². The first-order valence-electron chi connectivity index (χ1n) is 9.03. The lowest BCUT2D eigenvalue weighted by Crippen LogP contribution is -2.57. The lowest BCUT2D eigenvalue weighted by atomic mass is 9.72. The molecule has 5 heteroatoms. The normalized spacial score (nSPS) is 23.3. The minimum absolute atomic E-state index is 0.148. The number of carboxylic acids is 1. The fraction of sp³-hybridized carbons (Fsp3) is 0.600. The smallest absolute Gasteiger partial charge is 0.410 e. The largest absolute Gasteiger partial charge is 0.479 e. The van der Waals surface area contributed by atoms with Crippen LogP contribution in [0.4, 0.5) is 4.79 Å². The molecule has 2 atom stereocenters. The summed E-state index contributed by atoms with van der Waals surface area (Å²) in [5.74, 6) is -0.0840. The van der Waals surface area contributed by atoms with Gasteiger partial charge in [-0.2, -0.15) is 0 Å². The summed E-state index contributed by atoms with van der Waals surface area (Å²) >= 11 is 0. The molecule has 5 nitrogen and oxygen atoms in total. The molecular formula is C20H29NO4. The van der Waals surface area contributed by atoms with Crippen LogP contribution in [0, 0.1) is 11.8 Å². The van der Waals surface area contributed by atoms with Crippen molar-refractivity contribution in [2.45, 2.75) is 58.1 Å². The van der Waals surface area contributed by atoms with Crippen LogP contribution in [0.1, 0.15) is 51.5 Å². The van der Waals surface area contributed by atoms with Crippen molar-refractivity contribution in [3.8, 4) is 0 Å². The van der Waals surface area contributed by atoms with Gasteiger partial charge in [0.2, 0.25) is 0 Å². The predicted molar refractivity (Wildman–Crippen MR) is 96.2 cm³/mol. The van der Waals surface area contributed by atoms with Gasteiger partial charge in [0.25, 0.3) is 0 Å². The molecule has 0 radical (unpaired) electrons. The zero-order chi connectivity index (χ0) is 18.4. The molecule has 1 amide bonds. The highest BCUT2D eigenvalue weighted by atomic mass is 16.6. The average molecular weight is 347 g/mol. The molecule has 1 N–H and O–H groups in total. The van der Waals surface area contributed by atoms with Crippen LogP contribution >= 0.6 is 0 Å². The van der Waals surface area contributed by atoms with Crippen LogP contribution in [0.3, 0.4) is 0 Å². The second-order valence-corrected chi connectivity index (χ2v) is 7.53. The van der Waals surface area contributed by atoms with Gasteiger partial charge in [0.05, 0.1) is 0 Å². The number of amides is 1. The van der Waals surface area contributed by atoms with E-state index in [0.717, 1.165) is 24.8 Å². The quantitative estimate of drug-likeness (QED) is 0.832. The topological polar surface area (TPSA) is 66.8 Å². The van der Waals surface area contributed by atoms with Crippen molar-refractivity contribution in [2.75, 3.05) is 7.05 Å². The average Bonchev–Trinajstić information content (AvgIpc) is 2.59. The second-order valence-electron chi connectivity index (χ2n) is 7.53. The SMILES string of the molecule is CC(C)CC1CCCC(C(=O)O)(N(C)C(=O)OCc2ccccc2)C1. The Hall–Kier alpha value is -2.04. The van der Waals surface area contributed by atoms with Gasteiger partial charge in [0, 0.05) is 7.05 Å². The van der Waals surface area contributed by atoms with E-state index in [9.17, 15) is 14.7 Å². The highest BCUT2D eigenvalue weighted by Gasteiger charge is 2.48. The minimum Gasteiger partial charge on any atom is -0.479 e. The zero-order valence-electron chi connectivity index (χ0n) is 15.4. The van der Waals surface area contributed by atoms with E-state index in [-0.39, 0.29) is 6.61 Å². The Bertz CT molecular complexity index is 587. The molecular weight excluding hydrogens is 318 g/mol. The molecule has 1 saturated carbocycles. The van der Waals surface area contributed by atoms with E-state index in [1.54, 1.807) is 7.05 Å². The van der Waals surface area contributed by atoms with E-state index in [1.807, 2.05) is 30.3 Å². The fourth-order valence-corrected chi connectivity index (χ4v) is 3.87. The molecule has 1 aromatic carbocycles. The second kappa shape index (κ2) is 8.37. The zero-order valence-corrected chi connectivity index (χ0v) is 15.4. The number of hydrogen-bond donors (Lipinski definition) is 1. The molecule has 1 aliphatic rings. The van der Waals surface area contributed by atoms with E-state index < -0.39 is 17.6 Å². The molecule has 1 aliphatic carbocycles. The molecule has 2 rings (SSSR count). The Morgan fingerprint density at radius 2 is 2.00 bits per heavy atom. The van der Waals surface area contributed by atoms with Crippen molar-refractivity contribution in [3.05, 3.63) is 35.9 Å². The van der Waals surface area contributed by atoms with E-state index >= 15 is 0 Å². The number of rotatable bonds is 6. The van der Waals surface area contributed by atoms with Crippen LogP contribution in [-0.4, -0.2) is 34.7 Å². The molecule has 0 saturated heterocycles. The summed E-state index contributed by atoms with van der Waals surface area (Å²) in [7, 11) is 1.55. The maximum atomic E-state index is 12.5. The molecule has 1 aromatic rings. The third-order valence-electron chi connectivity index (χ3n) is 5.15. The standard InChI is InChI=1S/C20H29NO4/c1-15(2)12-17-10-7-11-20(13-17,18(22)23)21(3)19(24)25-14-16-8-5-4-6-9-16/h4-6,8-9,15,17H,7,10-14H2,1-3H3,(H,22,23). The van der Waals surface area contributed by atoms with E-state index in [4.69, 9.17) is 4.74 Å². The Morgan fingerprint density at radius 1 is 1.32 bits per heavy atom. The molecule has 25 heavy (non-hydrogen) atoms. The number of carbonyl (C=O) groups excluding carboxylic acids is 1. The molecule has 0 spiro atoms. The maximum Gasteiger partial charge on any atom is 0.410 e. The number of nitrogens with zero attached hydrogens (tertiary/aromatic N) is 1. The summed E-state index contributed by atoms with van der Waals surface area (Å²) in [4.78, 5) is 25.9. The first kappa shape index (κ1) is 19.3. The lowest BCUT2D eigenvalue weighted by molar-refractivity contribution is -0.153. The lowest BCUT2D eigenvalue weighted by Gasteiger charge is -2.43. The first-order chi connectivity index (χ1) is 11.8. The number of carbonyl (C=O) groups is 2. The maximum absolute atomic E-state index is 12.5. The molecule has 0 heterocycles. The summed E-state index contributed by atoms with van der Waals surface area (Å²) in [6.07, 6.45) is 3.24. The molecule has 1 fully saturated rings. The fourth-order valence-electron chi connectivity index (χ4n) is 3.87. The van der Waals surface area contributed by atoms with Crippen LogP contribution in [-0.2, 0) is 16.1 Å². The van der Waals surface area contributed by atoms with Gasteiger partial charge >= 0.3 is 12.1 Å². The Morgan fingerprint density at radius 3 is 2.60 bits per heavy atom.